The van der Waals surface area contributed by atoms with Crippen LogP contribution in [0, 0.1) is 19.8 Å². The summed E-state index contributed by atoms with van der Waals surface area (Å²) in [6.45, 7) is 9.51. The van der Waals surface area contributed by atoms with Crippen LogP contribution in [-0.2, 0) is 26.2 Å². The Morgan fingerprint density at radius 2 is 1.74 bits per heavy atom. The SMILES string of the molecule is COc1cccc(CN(C(=O)CN(c2ccc(C)cc2C)S(C)(=O)=O)C(C)C(=O)NCC(C)C)c1. The molecule has 0 heterocycles. The molecule has 0 saturated heterocycles. The molecule has 0 saturated carbocycles. The van der Waals surface area contributed by atoms with Crippen molar-refractivity contribution in [1.29, 1.82) is 0 Å². The topological polar surface area (TPSA) is 96.0 Å². The fraction of sp³-hybridized carbons (Fsp3) is 0.462. The molecule has 0 fully saturated rings. The number of anilines is 1. The smallest absolute Gasteiger partial charge is 0.244 e. The van der Waals surface area contributed by atoms with E-state index in [2.05, 4.69) is 5.32 Å². The highest BCUT2D eigenvalue weighted by molar-refractivity contribution is 7.92. The molecule has 9 heteroatoms. The van der Waals surface area contributed by atoms with Gasteiger partial charge in [-0.1, -0.05) is 43.7 Å². The standard InChI is InChI=1S/C26H37N3O5S/c1-18(2)15-27-26(31)21(5)28(16-22-9-8-10-23(14-22)34-6)25(30)17-29(35(7,32)33)24-12-11-19(3)13-20(24)4/h8-14,18,21H,15-17H2,1-7H3,(H,27,31). The molecule has 8 nitrogen and oxygen atoms in total. The third-order valence-corrected chi connectivity index (χ3v) is 6.77. The second-order valence-corrected chi connectivity index (χ2v) is 11.2. The molecule has 0 aromatic heterocycles. The molecule has 192 valence electrons. The summed E-state index contributed by atoms with van der Waals surface area (Å²) in [5, 5.41) is 2.87. The summed E-state index contributed by atoms with van der Waals surface area (Å²) in [5.74, 6) is 0.0940. The van der Waals surface area contributed by atoms with Gasteiger partial charge in [0.1, 0.15) is 18.3 Å². The van der Waals surface area contributed by atoms with E-state index < -0.39 is 28.5 Å². The van der Waals surface area contributed by atoms with Gasteiger partial charge >= 0.3 is 0 Å². The minimum absolute atomic E-state index is 0.122. The number of rotatable bonds is 11. The zero-order valence-electron chi connectivity index (χ0n) is 21.7. The zero-order chi connectivity index (χ0) is 26.3. The van der Waals surface area contributed by atoms with E-state index in [1.54, 1.807) is 51.3 Å². The van der Waals surface area contributed by atoms with E-state index in [4.69, 9.17) is 4.74 Å². The maximum absolute atomic E-state index is 13.6. The summed E-state index contributed by atoms with van der Waals surface area (Å²) in [4.78, 5) is 27.9. The molecule has 2 aromatic carbocycles. The number of carbonyl (C=O) groups is 2. The summed E-state index contributed by atoms with van der Waals surface area (Å²) in [7, 11) is -2.21. The van der Waals surface area contributed by atoms with Crippen molar-refractivity contribution in [3.8, 4) is 5.75 Å². The summed E-state index contributed by atoms with van der Waals surface area (Å²) in [5.41, 5.74) is 2.93. The largest absolute Gasteiger partial charge is 0.497 e. The molecular weight excluding hydrogens is 466 g/mol. The Morgan fingerprint density at radius 1 is 1.06 bits per heavy atom. The first-order valence-corrected chi connectivity index (χ1v) is 13.4. The summed E-state index contributed by atoms with van der Waals surface area (Å²) in [6, 6.07) is 11.8. The molecule has 0 aliphatic carbocycles. The molecule has 0 radical (unpaired) electrons. The molecule has 2 aromatic rings. The second kappa shape index (κ2) is 12.1. The number of hydrogen-bond acceptors (Lipinski definition) is 5. The Bertz CT molecular complexity index is 1150. The van der Waals surface area contributed by atoms with Gasteiger partial charge in [0.25, 0.3) is 0 Å². The van der Waals surface area contributed by atoms with Gasteiger partial charge in [0.2, 0.25) is 21.8 Å². The van der Waals surface area contributed by atoms with Gasteiger partial charge in [-0.25, -0.2) is 8.42 Å². The third-order valence-electron chi connectivity index (χ3n) is 5.64. The predicted octanol–water partition coefficient (Wildman–Crippen LogP) is 3.27. The van der Waals surface area contributed by atoms with E-state index >= 15 is 0 Å². The number of benzene rings is 2. The van der Waals surface area contributed by atoms with Crippen LogP contribution in [0.25, 0.3) is 0 Å². The lowest BCUT2D eigenvalue weighted by molar-refractivity contribution is -0.139. The normalized spacial score (nSPS) is 12.2. The third kappa shape index (κ3) is 7.99. The van der Waals surface area contributed by atoms with Gasteiger partial charge in [-0.05, 0) is 56.0 Å². The molecular formula is C26H37N3O5S. The lowest BCUT2D eigenvalue weighted by Gasteiger charge is -2.32. The fourth-order valence-electron chi connectivity index (χ4n) is 3.68. The molecule has 2 rings (SSSR count). The van der Waals surface area contributed by atoms with Gasteiger partial charge in [0.05, 0.1) is 19.1 Å². The van der Waals surface area contributed by atoms with Gasteiger partial charge in [0, 0.05) is 13.1 Å². The van der Waals surface area contributed by atoms with Crippen LogP contribution in [0.4, 0.5) is 5.69 Å². The van der Waals surface area contributed by atoms with E-state index in [9.17, 15) is 18.0 Å². The lowest BCUT2D eigenvalue weighted by atomic mass is 10.1. The van der Waals surface area contributed by atoms with E-state index in [0.29, 0.717) is 18.0 Å². The Kier molecular flexibility index (Phi) is 9.71. The first-order chi connectivity index (χ1) is 16.3. The molecule has 1 unspecified atom stereocenters. The Hall–Kier alpha value is -3.07. The van der Waals surface area contributed by atoms with Crippen LogP contribution in [0.1, 0.15) is 37.5 Å². The number of nitrogens with one attached hydrogen (secondary N) is 1. The average Bonchev–Trinajstić information content (AvgIpc) is 2.78. The quantitative estimate of drug-likeness (QED) is 0.508. The molecule has 0 aliphatic heterocycles. The minimum atomic E-state index is -3.77. The molecule has 1 atom stereocenters. The number of ether oxygens (including phenoxy) is 1. The Labute approximate surface area is 209 Å². The summed E-state index contributed by atoms with van der Waals surface area (Å²) in [6.07, 6.45) is 1.07. The van der Waals surface area contributed by atoms with Crippen molar-refractivity contribution < 1.29 is 22.7 Å². The number of hydrogen-bond donors (Lipinski definition) is 1. The van der Waals surface area contributed by atoms with E-state index in [-0.39, 0.29) is 18.4 Å². The van der Waals surface area contributed by atoms with Crippen LogP contribution < -0.4 is 14.4 Å². The number of methoxy groups -OCH3 is 1. The first-order valence-electron chi connectivity index (χ1n) is 11.6. The summed E-state index contributed by atoms with van der Waals surface area (Å²) < 4.78 is 31.8. The number of sulfonamides is 1. The molecule has 0 spiro atoms. The van der Waals surface area contributed by atoms with E-state index in [1.165, 1.54) is 4.90 Å². The van der Waals surface area contributed by atoms with Crippen LogP contribution >= 0.6 is 0 Å². The van der Waals surface area contributed by atoms with Crippen LogP contribution in [0.3, 0.4) is 0 Å². The zero-order valence-corrected chi connectivity index (χ0v) is 22.5. The minimum Gasteiger partial charge on any atom is -0.497 e. The fourth-order valence-corrected chi connectivity index (χ4v) is 4.59. The number of aryl methyl sites for hydroxylation is 2. The summed E-state index contributed by atoms with van der Waals surface area (Å²) >= 11 is 0. The van der Waals surface area contributed by atoms with Gasteiger partial charge in [-0.2, -0.15) is 0 Å². The van der Waals surface area contributed by atoms with Crippen molar-refractivity contribution in [2.45, 2.75) is 47.2 Å². The van der Waals surface area contributed by atoms with Crippen LogP contribution in [-0.4, -0.2) is 57.6 Å². The highest BCUT2D eigenvalue weighted by Crippen LogP contribution is 2.24. The van der Waals surface area contributed by atoms with E-state index in [1.807, 2.05) is 32.9 Å². The number of carbonyl (C=O) groups excluding carboxylic acids is 2. The van der Waals surface area contributed by atoms with E-state index in [0.717, 1.165) is 27.3 Å². The highest BCUT2D eigenvalue weighted by atomic mass is 32.2. The van der Waals surface area contributed by atoms with Crippen molar-refractivity contribution in [2.75, 3.05) is 30.8 Å². The monoisotopic (exact) mass is 503 g/mol. The number of amides is 2. The second-order valence-electron chi connectivity index (χ2n) is 9.25. The average molecular weight is 504 g/mol. The first kappa shape index (κ1) is 28.2. The van der Waals surface area contributed by atoms with Gasteiger partial charge in [-0.15, -0.1) is 0 Å². The highest BCUT2D eigenvalue weighted by Gasteiger charge is 2.30. The van der Waals surface area contributed by atoms with Crippen LogP contribution in [0.5, 0.6) is 5.75 Å². The molecule has 0 bridgehead atoms. The number of nitrogens with zero attached hydrogens (tertiary/aromatic N) is 2. The molecule has 35 heavy (non-hydrogen) atoms. The van der Waals surface area contributed by atoms with Crippen molar-refractivity contribution in [2.24, 2.45) is 5.92 Å². The lowest BCUT2D eigenvalue weighted by Crippen LogP contribution is -2.51. The van der Waals surface area contributed by atoms with Gasteiger partial charge in [0.15, 0.2) is 0 Å². The van der Waals surface area contributed by atoms with Crippen molar-refractivity contribution in [3.63, 3.8) is 0 Å². The maximum atomic E-state index is 13.6. The Balaban J connectivity index is 2.41. The van der Waals surface area contributed by atoms with Crippen LogP contribution in [0.15, 0.2) is 42.5 Å². The van der Waals surface area contributed by atoms with Crippen LogP contribution in [0.2, 0.25) is 0 Å². The van der Waals surface area contributed by atoms with Gasteiger partial charge < -0.3 is 15.0 Å². The molecule has 0 aliphatic rings. The molecule has 2 amide bonds. The van der Waals surface area contributed by atoms with Crippen molar-refractivity contribution in [3.05, 3.63) is 59.2 Å². The predicted molar refractivity (Wildman–Crippen MR) is 139 cm³/mol. The molecule has 1 N–H and O–H groups in total. The van der Waals surface area contributed by atoms with Crippen molar-refractivity contribution in [1.82, 2.24) is 10.2 Å². The maximum Gasteiger partial charge on any atom is 0.244 e. The Morgan fingerprint density at radius 3 is 2.31 bits per heavy atom. The van der Waals surface area contributed by atoms with Gasteiger partial charge in [-0.3, -0.25) is 13.9 Å². The van der Waals surface area contributed by atoms with Crippen molar-refractivity contribution >= 4 is 27.5 Å².